The zero-order chi connectivity index (χ0) is 11.7. The van der Waals surface area contributed by atoms with Gasteiger partial charge in [0.15, 0.2) is 0 Å². The Balaban J connectivity index is 3.62. The van der Waals surface area contributed by atoms with E-state index in [-0.39, 0.29) is 26.1 Å². The minimum absolute atomic E-state index is 0.0703. The number of hydrogen-bond donors (Lipinski definition) is 5. The van der Waals surface area contributed by atoms with Crippen molar-refractivity contribution in [2.24, 2.45) is 0 Å². The molecule has 5 heteroatoms. The van der Waals surface area contributed by atoms with Gasteiger partial charge >= 0.3 is 0 Å². The van der Waals surface area contributed by atoms with Gasteiger partial charge in [0.2, 0.25) is 0 Å². The molecule has 15 heavy (non-hydrogen) atoms. The number of hydrogen-bond acceptors (Lipinski definition) is 5. The molecule has 0 aliphatic rings. The smallest absolute Gasteiger partial charge is 0.0823 e. The third-order valence-electron chi connectivity index (χ3n) is 2.33. The minimum atomic E-state index is -0.967. The number of unbranched alkanes of at least 4 members (excludes halogenated alkanes) is 1. The molecule has 5 nitrogen and oxygen atoms in total. The van der Waals surface area contributed by atoms with Gasteiger partial charge in [0.05, 0.1) is 18.3 Å². The average Bonchev–Trinajstić information content (AvgIpc) is 2.18. The van der Waals surface area contributed by atoms with E-state index in [1.807, 2.05) is 0 Å². The Hall–Kier alpha value is -0.200. The zero-order valence-corrected chi connectivity index (χ0v) is 8.92. The van der Waals surface area contributed by atoms with Gasteiger partial charge in [-0.05, 0) is 25.7 Å². The van der Waals surface area contributed by atoms with E-state index in [1.54, 1.807) is 0 Å². The van der Waals surface area contributed by atoms with E-state index in [1.165, 1.54) is 0 Å². The lowest BCUT2D eigenvalue weighted by Crippen LogP contribution is -2.30. The van der Waals surface area contributed by atoms with Crippen LogP contribution in [0.2, 0.25) is 0 Å². The summed E-state index contributed by atoms with van der Waals surface area (Å²) in [7, 11) is 0. The van der Waals surface area contributed by atoms with Gasteiger partial charge in [-0.1, -0.05) is 0 Å². The molecule has 0 spiro atoms. The molecule has 0 aliphatic heterocycles. The maximum Gasteiger partial charge on any atom is 0.0823 e. The van der Waals surface area contributed by atoms with Crippen LogP contribution in [0.25, 0.3) is 0 Å². The number of aliphatic hydroxyl groups is 5. The molecule has 0 radical (unpaired) electrons. The first-order chi connectivity index (χ1) is 7.11. The van der Waals surface area contributed by atoms with Crippen LogP contribution >= 0.6 is 0 Å². The van der Waals surface area contributed by atoms with Crippen LogP contribution in [0.3, 0.4) is 0 Å². The van der Waals surface area contributed by atoms with Crippen LogP contribution in [0.1, 0.15) is 32.1 Å². The van der Waals surface area contributed by atoms with Gasteiger partial charge < -0.3 is 25.5 Å². The SMILES string of the molecule is OCCCCC(O)C(O)CC(O)CCO. The standard InChI is InChI=1S/C10H22O5/c11-5-2-1-3-9(14)10(15)7-8(13)4-6-12/h8-15H,1-7H2. The van der Waals surface area contributed by atoms with E-state index in [2.05, 4.69) is 0 Å². The highest BCUT2D eigenvalue weighted by atomic mass is 16.3. The molecular formula is C10H22O5. The van der Waals surface area contributed by atoms with Gasteiger partial charge in [-0.25, -0.2) is 0 Å². The molecule has 5 N–H and O–H groups in total. The molecule has 0 aromatic carbocycles. The Labute approximate surface area is 90.0 Å². The van der Waals surface area contributed by atoms with Crippen LogP contribution in [0, 0.1) is 0 Å². The maximum absolute atomic E-state index is 9.46. The zero-order valence-electron chi connectivity index (χ0n) is 8.92. The lowest BCUT2D eigenvalue weighted by atomic mass is 10.0. The maximum atomic E-state index is 9.46. The van der Waals surface area contributed by atoms with Crippen molar-refractivity contribution < 1.29 is 25.5 Å². The van der Waals surface area contributed by atoms with E-state index in [9.17, 15) is 15.3 Å². The fraction of sp³-hybridized carbons (Fsp3) is 1.00. The second kappa shape index (κ2) is 9.06. The average molecular weight is 222 g/mol. The Morgan fingerprint density at radius 1 is 0.733 bits per heavy atom. The first-order valence-corrected chi connectivity index (χ1v) is 5.37. The largest absolute Gasteiger partial charge is 0.396 e. The van der Waals surface area contributed by atoms with Gasteiger partial charge in [0, 0.05) is 19.6 Å². The second-order valence-electron chi connectivity index (χ2n) is 3.76. The number of rotatable bonds is 9. The van der Waals surface area contributed by atoms with E-state index in [4.69, 9.17) is 10.2 Å². The molecule has 0 aromatic heterocycles. The van der Waals surface area contributed by atoms with E-state index >= 15 is 0 Å². The molecule has 3 unspecified atom stereocenters. The summed E-state index contributed by atoms with van der Waals surface area (Å²) in [6, 6.07) is 0. The summed E-state index contributed by atoms with van der Waals surface area (Å²) >= 11 is 0. The van der Waals surface area contributed by atoms with Crippen LogP contribution in [-0.4, -0.2) is 57.1 Å². The molecule has 0 fully saturated rings. The summed E-state index contributed by atoms with van der Waals surface area (Å²) in [5, 5.41) is 45.2. The summed E-state index contributed by atoms with van der Waals surface area (Å²) in [5.41, 5.74) is 0. The number of aliphatic hydroxyl groups excluding tert-OH is 5. The lowest BCUT2D eigenvalue weighted by molar-refractivity contribution is -0.0206. The highest BCUT2D eigenvalue weighted by molar-refractivity contribution is 4.71. The molecule has 0 aromatic rings. The van der Waals surface area contributed by atoms with Crippen molar-refractivity contribution in [3.63, 3.8) is 0 Å². The first kappa shape index (κ1) is 14.8. The van der Waals surface area contributed by atoms with Gasteiger partial charge in [0.25, 0.3) is 0 Å². The van der Waals surface area contributed by atoms with Gasteiger partial charge in [-0.2, -0.15) is 0 Å². The highest BCUT2D eigenvalue weighted by Crippen LogP contribution is 2.11. The molecule has 0 heterocycles. The molecule has 0 amide bonds. The first-order valence-electron chi connectivity index (χ1n) is 5.37. The van der Waals surface area contributed by atoms with Gasteiger partial charge in [-0.15, -0.1) is 0 Å². The minimum Gasteiger partial charge on any atom is -0.396 e. The molecule has 3 atom stereocenters. The fourth-order valence-corrected chi connectivity index (χ4v) is 1.36. The predicted molar refractivity (Wildman–Crippen MR) is 55.3 cm³/mol. The van der Waals surface area contributed by atoms with Crippen molar-refractivity contribution in [1.82, 2.24) is 0 Å². The quantitative estimate of drug-likeness (QED) is 0.322. The third-order valence-corrected chi connectivity index (χ3v) is 2.33. The van der Waals surface area contributed by atoms with E-state index in [0.717, 1.165) is 0 Å². The second-order valence-corrected chi connectivity index (χ2v) is 3.76. The van der Waals surface area contributed by atoms with Crippen LogP contribution in [0.5, 0.6) is 0 Å². The Bertz CT molecular complexity index is 142. The molecular weight excluding hydrogens is 200 g/mol. The molecule has 0 bridgehead atoms. The van der Waals surface area contributed by atoms with Crippen molar-refractivity contribution in [2.45, 2.75) is 50.4 Å². The summed E-state index contributed by atoms with van der Waals surface area (Å²) < 4.78 is 0. The van der Waals surface area contributed by atoms with Crippen molar-refractivity contribution in [3.05, 3.63) is 0 Å². The van der Waals surface area contributed by atoms with E-state index in [0.29, 0.717) is 19.3 Å². The lowest BCUT2D eigenvalue weighted by Gasteiger charge is -2.20. The monoisotopic (exact) mass is 222 g/mol. The van der Waals surface area contributed by atoms with Crippen molar-refractivity contribution in [1.29, 1.82) is 0 Å². The van der Waals surface area contributed by atoms with Crippen molar-refractivity contribution >= 4 is 0 Å². The fourth-order valence-electron chi connectivity index (χ4n) is 1.36. The van der Waals surface area contributed by atoms with Crippen molar-refractivity contribution in [2.75, 3.05) is 13.2 Å². The van der Waals surface area contributed by atoms with Gasteiger partial charge in [0.1, 0.15) is 0 Å². The molecule has 92 valence electrons. The van der Waals surface area contributed by atoms with Crippen LogP contribution < -0.4 is 0 Å². The van der Waals surface area contributed by atoms with Gasteiger partial charge in [-0.3, -0.25) is 0 Å². The Morgan fingerprint density at radius 2 is 1.40 bits per heavy atom. The van der Waals surface area contributed by atoms with E-state index < -0.39 is 18.3 Å². The molecule has 0 saturated carbocycles. The topological polar surface area (TPSA) is 101 Å². The molecule has 0 rings (SSSR count). The van der Waals surface area contributed by atoms with Crippen LogP contribution in [-0.2, 0) is 0 Å². The molecule has 0 saturated heterocycles. The summed E-state index contributed by atoms with van der Waals surface area (Å²) in [6.45, 7) is -0.0511. The summed E-state index contributed by atoms with van der Waals surface area (Å²) in [4.78, 5) is 0. The third kappa shape index (κ3) is 7.70. The summed E-state index contributed by atoms with van der Waals surface area (Å²) in [5.74, 6) is 0. The molecule has 0 aliphatic carbocycles. The Morgan fingerprint density at radius 3 is 1.93 bits per heavy atom. The predicted octanol–water partition coefficient (Wildman–Crippen LogP) is -0.996. The van der Waals surface area contributed by atoms with Crippen LogP contribution in [0.4, 0.5) is 0 Å². The highest BCUT2D eigenvalue weighted by Gasteiger charge is 2.19. The normalized spacial score (nSPS) is 17.4. The van der Waals surface area contributed by atoms with Crippen LogP contribution in [0.15, 0.2) is 0 Å². The van der Waals surface area contributed by atoms with Crippen molar-refractivity contribution in [3.8, 4) is 0 Å². The Kier molecular flexibility index (Phi) is 8.94. The summed E-state index contributed by atoms with van der Waals surface area (Å²) in [6.07, 6.45) is -0.685.